The third-order valence-corrected chi connectivity index (χ3v) is 1.06. The second-order valence-corrected chi connectivity index (χ2v) is 1.99. The summed E-state index contributed by atoms with van der Waals surface area (Å²) >= 11 is 0. The molecular formula is C3H6N2O3P. The predicted octanol–water partition coefficient (Wildman–Crippen LogP) is 0.464. The standard InChI is InChI=1S/C3H6N2O3P/c4-2-1-3-7-9(6)8-5/h1,3,5H2. The maximum atomic E-state index is 10.2. The lowest BCUT2D eigenvalue weighted by atomic mass is 10.5. The van der Waals surface area contributed by atoms with Crippen molar-refractivity contribution in [3.05, 3.63) is 0 Å². The van der Waals surface area contributed by atoms with Gasteiger partial charge < -0.3 is 4.52 Å². The zero-order chi connectivity index (χ0) is 7.11. The molecule has 1 radical (unpaired) electrons. The summed E-state index contributed by atoms with van der Waals surface area (Å²) in [5.41, 5.74) is 0. The summed E-state index contributed by atoms with van der Waals surface area (Å²) < 4.78 is 8.15. The lowest BCUT2D eigenvalue weighted by Crippen LogP contribution is -1.95. The van der Waals surface area contributed by atoms with E-state index in [0.717, 1.165) is 0 Å². The van der Waals surface area contributed by atoms with Crippen LogP contribution in [0.5, 0.6) is 0 Å². The minimum atomic E-state index is -2.21. The molecule has 51 valence electrons. The van der Waals surface area contributed by atoms with Crippen molar-refractivity contribution in [2.24, 2.45) is 5.90 Å². The Morgan fingerprint density at radius 2 is 2.44 bits per heavy atom. The van der Waals surface area contributed by atoms with Gasteiger partial charge in [-0.05, 0) is 0 Å². The van der Waals surface area contributed by atoms with Crippen molar-refractivity contribution >= 4 is 8.60 Å². The van der Waals surface area contributed by atoms with Crippen LogP contribution >= 0.6 is 8.60 Å². The first-order valence-electron chi connectivity index (χ1n) is 2.15. The summed E-state index contributed by atoms with van der Waals surface area (Å²) in [6.45, 7) is 0.0862. The second kappa shape index (κ2) is 5.89. The lowest BCUT2D eigenvalue weighted by Gasteiger charge is -2.00. The van der Waals surface area contributed by atoms with Crippen molar-refractivity contribution in [1.29, 1.82) is 5.26 Å². The third-order valence-electron chi connectivity index (χ3n) is 0.497. The van der Waals surface area contributed by atoms with Gasteiger partial charge in [0.05, 0.1) is 19.1 Å². The molecule has 0 fully saturated rings. The normalized spacial score (nSPS) is 12.6. The van der Waals surface area contributed by atoms with Crippen molar-refractivity contribution < 1.29 is 14.0 Å². The van der Waals surface area contributed by atoms with Crippen LogP contribution in [0.4, 0.5) is 0 Å². The fraction of sp³-hybridized carbons (Fsp3) is 0.667. The van der Waals surface area contributed by atoms with Crippen LogP contribution in [0.3, 0.4) is 0 Å². The number of nitrogens with zero attached hydrogens (tertiary/aromatic N) is 1. The number of nitrogens with two attached hydrogens (primary N) is 1. The van der Waals surface area contributed by atoms with Gasteiger partial charge in [0.25, 0.3) is 0 Å². The summed E-state index contributed by atoms with van der Waals surface area (Å²) in [6, 6.07) is 1.80. The Bertz CT molecular complexity index is 104. The topological polar surface area (TPSA) is 88.2 Å². The molecule has 0 aromatic rings. The highest BCUT2D eigenvalue weighted by Crippen LogP contribution is 2.30. The lowest BCUT2D eigenvalue weighted by molar-refractivity contribution is 0.184. The number of hydrogen-bond donors (Lipinski definition) is 1. The van der Waals surface area contributed by atoms with E-state index in [2.05, 4.69) is 15.0 Å². The van der Waals surface area contributed by atoms with Gasteiger partial charge in [-0.3, -0.25) is 0 Å². The zero-order valence-electron chi connectivity index (χ0n) is 4.61. The van der Waals surface area contributed by atoms with Crippen molar-refractivity contribution in [2.75, 3.05) is 6.61 Å². The van der Waals surface area contributed by atoms with Gasteiger partial charge in [0, 0.05) is 0 Å². The van der Waals surface area contributed by atoms with Gasteiger partial charge in [-0.15, -0.1) is 4.89 Å². The molecular weight excluding hydrogens is 143 g/mol. The first kappa shape index (κ1) is 8.76. The van der Waals surface area contributed by atoms with Crippen molar-refractivity contribution in [2.45, 2.75) is 6.42 Å². The molecule has 0 aliphatic rings. The summed E-state index contributed by atoms with van der Waals surface area (Å²) in [7, 11) is -2.21. The average Bonchev–Trinajstić information content (AvgIpc) is 1.89. The highest BCUT2D eigenvalue weighted by atomic mass is 31.2. The van der Waals surface area contributed by atoms with E-state index in [0.29, 0.717) is 0 Å². The largest absolute Gasteiger partial charge is 0.380 e. The van der Waals surface area contributed by atoms with Gasteiger partial charge in [0.15, 0.2) is 0 Å². The molecule has 0 aliphatic heterocycles. The van der Waals surface area contributed by atoms with Crippen LogP contribution in [0.15, 0.2) is 0 Å². The Kier molecular flexibility index (Phi) is 5.73. The van der Waals surface area contributed by atoms with E-state index in [4.69, 9.17) is 5.26 Å². The highest BCUT2D eigenvalue weighted by Gasteiger charge is 2.04. The molecule has 9 heavy (non-hydrogen) atoms. The maximum Gasteiger partial charge on any atom is 0.380 e. The quantitative estimate of drug-likeness (QED) is 0.357. The van der Waals surface area contributed by atoms with E-state index < -0.39 is 8.60 Å². The van der Waals surface area contributed by atoms with E-state index in [1.54, 1.807) is 6.07 Å². The number of hydrogen-bond acceptors (Lipinski definition) is 4. The van der Waals surface area contributed by atoms with Crippen molar-refractivity contribution in [3.8, 4) is 6.07 Å². The molecule has 0 rings (SSSR count). The second-order valence-electron chi connectivity index (χ2n) is 1.07. The molecule has 0 spiro atoms. The van der Waals surface area contributed by atoms with E-state index in [9.17, 15) is 4.89 Å². The fourth-order valence-corrected chi connectivity index (χ4v) is 0.497. The summed E-state index contributed by atoms with van der Waals surface area (Å²) in [6.07, 6.45) is 0.185. The first-order chi connectivity index (χ1) is 4.31. The van der Waals surface area contributed by atoms with Gasteiger partial charge >= 0.3 is 8.60 Å². The maximum absolute atomic E-state index is 10.2. The molecule has 2 N–H and O–H groups in total. The summed E-state index contributed by atoms with van der Waals surface area (Å²) in [5.74, 6) is 4.46. The average molecular weight is 149 g/mol. The van der Waals surface area contributed by atoms with Gasteiger partial charge in [0.2, 0.25) is 0 Å². The van der Waals surface area contributed by atoms with Gasteiger partial charge in [-0.25, -0.2) is 10.5 Å². The molecule has 1 atom stereocenters. The van der Waals surface area contributed by atoms with Gasteiger partial charge in [-0.2, -0.15) is 5.26 Å². The molecule has 0 aliphatic carbocycles. The molecule has 0 saturated heterocycles. The Balaban J connectivity index is 2.99. The van der Waals surface area contributed by atoms with Crippen LogP contribution in [0.1, 0.15) is 6.42 Å². The van der Waals surface area contributed by atoms with E-state index in [1.165, 1.54) is 0 Å². The zero-order valence-corrected chi connectivity index (χ0v) is 5.51. The molecule has 0 amide bonds. The van der Waals surface area contributed by atoms with E-state index in [-0.39, 0.29) is 13.0 Å². The molecule has 0 heterocycles. The third kappa shape index (κ3) is 5.63. The predicted molar refractivity (Wildman–Crippen MR) is 29.1 cm³/mol. The monoisotopic (exact) mass is 149 g/mol. The smallest absolute Gasteiger partial charge is 0.309 e. The minimum Gasteiger partial charge on any atom is -0.309 e. The van der Waals surface area contributed by atoms with Crippen LogP contribution in [-0.4, -0.2) is 6.61 Å². The van der Waals surface area contributed by atoms with Gasteiger partial charge in [-0.1, -0.05) is 0 Å². The highest BCUT2D eigenvalue weighted by molar-refractivity contribution is 7.40. The molecule has 0 bridgehead atoms. The van der Waals surface area contributed by atoms with Gasteiger partial charge in [0.1, 0.15) is 0 Å². The first-order valence-corrected chi connectivity index (χ1v) is 3.24. The van der Waals surface area contributed by atoms with Crippen LogP contribution < -0.4 is 5.90 Å². The molecule has 0 saturated carbocycles. The van der Waals surface area contributed by atoms with Crippen LogP contribution in [-0.2, 0) is 14.0 Å². The Morgan fingerprint density at radius 1 is 1.78 bits per heavy atom. The molecule has 0 aromatic carbocycles. The Labute approximate surface area is 53.9 Å². The minimum absolute atomic E-state index is 0.0862. The molecule has 5 nitrogen and oxygen atoms in total. The summed E-state index contributed by atoms with van der Waals surface area (Å²) in [5, 5.41) is 7.95. The fourth-order valence-electron chi connectivity index (χ4n) is 0.196. The number of rotatable bonds is 4. The number of nitriles is 1. The van der Waals surface area contributed by atoms with Crippen LogP contribution in [0, 0.1) is 11.3 Å². The van der Waals surface area contributed by atoms with Crippen molar-refractivity contribution in [1.82, 2.24) is 0 Å². The summed E-state index contributed by atoms with van der Waals surface area (Å²) in [4.78, 5) is 10.2. The van der Waals surface area contributed by atoms with Crippen LogP contribution in [0.2, 0.25) is 0 Å². The molecule has 6 heteroatoms. The van der Waals surface area contributed by atoms with E-state index in [1.807, 2.05) is 0 Å². The van der Waals surface area contributed by atoms with Crippen molar-refractivity contribution in [3.63, 3.8) is 0 Å². The Morgan fingerprint density at radius 3 is 2.89 bits per heavy atom. The Hall–Kier alpha value is -0.240. The molecule has 1 unspecified atom stereocenters. The van der Waals surface area contributed by atoms with Crippen LogP contribution in [0.25, 0.3) is 0 Å². The van der Waals surface area contributed by atoms with E-state index >= 15 is 0 Å². The SMILES string of the molecule is N#CCCOP([O])ON. The molecule has 0 aromatic heterocycles.